The van der Waals surface area contributed by atoms with Crippen LogP contribution in [0, 0.1) is 0 Å². The van der Waals surface area contributed by atoms with Gasteiger partial charge in [0.05, 0.1) is 16.7 Å². The zero-order valence-corrected chi connectivity index (χ0v) is 22.3. The van der Waals surface area contributed by atoms with E-state index >= 15 is 0 Å². The van der Waals surface area contributed by atoms with Crippen LogP contribution >= 0.6 is 11.3 Å². The smallest absolute Gasteiger partial charge is 0.0547 e. The molecule has 2 aromatic heterocycles. The second-order valence-electron chi connectivity index (χ2n) is 10.9. The first kappa shape index (κ1) is 21.0. The van der Waals surface area contributed by atoms with E-state index in [1.54, 1.807) is 0 Å². The van der Waals surface area contributed by atoms with Crippen molar-refractivity contribution in [3.8, 4) is 27.9 Å². The lowest BCUT2D eigenvalue weighted by molar-refractivity contribution is 1.20. The van der Waals surface area contributed by atoms with Crippen LogP contribution in [0.2, 0.25) is 0 Å². The number of para-hydroxylation sites is 1. The van der Waals surface area contributed by atoms with Crippen LogP contribution in [-0.2, 0) is 0 Å². The van der Waals surface area contributed by atoms with Crippen molar-refractivity contribution in [3.63, 3.8) is 0 Å². The first-order valence-electron chi connectivity index (χ1n) is 13.8. The Morgan fingerprint density at radius 3 is 1.98 bits per heavy atom. The maximum atomic E-state index is 2.49. The SMILES string of the molecule is c1ccc2c(c1)-c1cccc3c(-n4c5ccccc5c5cc6cc7c(cc6cc54)sc4ccccc47)ccc-2c13. The van der Waals surface area contributed by atoms with E-state index in [0.717, 1.165) is 0 Å². The summed E-state index contributed by atoms with van der Waals surface area (Å²) in [6.45, 7) is 0. The zero-order chi connectivity index (χ0) is 25.9. The van der Waals surface area contributed by atoms with E-state index in [1.807, 2.05) is 11.3 Å². The van der Waals surface area contributed by atoms with E-state index in [2.05, 4.69) is 132 Å². The lowest BCUT2D eigenvalue weighted by Gasteiger charge is -2.13. The molecule has 2 heterocycles. The quantitative estimate of drug-likeness (QED) is 0.202. The van der Waals surface area contributed by atoms with Gasteiger partial charge in [-0.15, -0.1) is 11.3 Å². The Labute approximate surface area is 234 Å². The van der Waals surface area contributed by atoms with Gasteiger partial charge in [0.1, 0.15) is 0 Å². The van der Waals surface area contributed by atoms with Gasteiger partial charge in [-0.25, -0.2) is 0 Å². The number of nitrogens with zero attached hydrogens (tertiary/aromatic N) is 1. The molecule has 184 valence electrons. The zero-order valence-electron chi connectivity index (χ0n) is 21.5. The topological polar surface area (TPSA) is 4.93 Å². The minimum Gasteiger partial charge on any atom is -0.309 e. The van der Waals surface area contributed by atoms with Crippen molar-refractivity contribution in [3.05, 3.63) is 127 Å². The van der Waals surface area contributed by atoms with Crippen LogP contribution in [-0.4, -0.2) is 4.57 Å². The molecule has 1 aliphatic rings. The highest BCUT2D eigenvalue weighted by Gasteiger charge is 2.23. The molecule has 0 fully saturated rings. The van der Waals surface area contributed by atoms with Crippen LogP contribution in [0.4, 0.5) is 0 Å². The van der Waals surface area contributed by atoms with Gasteiger partial charge >= 0.3 is 0 Å². The molecule has 0 N–H and O–H groups in total. The summed E-state index contributed by atoms with van der Waals surface area (Å²) in [5, 5.41) is 10.5. The molecule has 0 atom stereocenters. The molecule has 0 saturated heterocycles. The molecule has 0 saturated carbocycles. The molecule has 0 unspecified atom stereocenters. The van der Waals surface area contributed by atoms with Crippen molar-refractivity contribution >= 4 is 74.9 Å². The van der Waals surface area contributed by atoms with Crippen LogP contribution in [0.15, 0.2) is 127 Å². The van der Waals surface area contributed by atoms with Crippen molar-refractivity contribution in [2.75, 3.05) is 0 Å². The Morgan fingerprint density at radius 2 is 1.07 bits per heavy atom. The highest BCUT2D eigenvalue weighted by molar-refractivity contribution is 7.25. The van der Waals surface area contributed by atoms with Gasteiger partial charge in [0.25, 0.3) is 0 Å². The summed E-state index contributed by atoms with van der Waals surface area (Å²) in [4.78, 5) is 0. The monoisotopic (exact) mass is 523 g/mol. The van der Waals surface area contributed by atoms with Gasteiger partial charge in [-0.1, -0.05) is 84.9 Å². The average Bonchev–Trinajstić information content (AvgIpc) is 3.64. The third-order valence-electron chi connectivity index (χ3n) is 8.89. The summed E-state index contributed by atoms with van der Waals surface area (Å²) in [5.41, 5.74) is 9.08. The van der Waals surface area contributed by atoms with Crippen LogP contribution in [0.25, 0.3) is 91.5 Å². The van der Waals surface area contributed by atoms with Crippen molar-refractivity contribution < 1.29 is 0 Å². The fraction of sp³-hybridized carbons (Fsp3) is 0. The standard InChI is InChI=1S/C38H21NS/c1-2-9-25-24(8-1)28-12-7-13-30-34(17-16-29(25)38(28)30)39-33-14-5-3-10-26(33)31-18-22-19-32-27-11-4-6-15-36(27)40-37(32)21-23(22)20-35(31)39/h1-21H. The normalized spacial score (nSPS) is 12.5. The van der Waals surface area contributed by atoms with Gasteiger partial charge in [0.2, 0.25) is 0 Å². The molecule has 0 amide bonds. The third-order valence-corrected chi connectivity index (χ3v) is 10.0. The molecule has 40 heavy (non-hydrogen) atoms. The number of hydrogen-bond acceptors (Lipinski definition) is 1. The molecule has 9 aromatic rings. The average molecular weight is 524 g/mol. The Balaban J connectivity index is 1.33. The highest BCUT2D eigenvalue weighted by Crippen LogP contribution is 2.49. The van der Waals surface area contributed by atoms with Crippen LogP contribution in [0.5, 0.6) is 0 Å². The Hall–Kier alpha value is -4.92. The summed E-state index contributed by atoms with van der Waals surface area (Å²) in [7, 11) is 0. The number of hydrogen-bond donors (Lipinski definition) is 0. The number of benzene rings is 7. The highest BCUT2D eigenvalue weighted by atomic mass is 32.1. The number of fused-ring (bicyclic) bond motifs is 10. The predicted octanol–water partition coefficient (Wildman–Crippen LogP) is 11.1. The third kappa shape index (κ3) is 2.57. The van der Waals surface area contributed by atoms with Crippen LogP contribution in [0.1, 0.15) is 0 Å². The van der Waals surface area contributed by atoms with Crippen LogP contribution < -0.4 is 0 Å². The summed E-state index contributed by atoms with van der Waals surface area (Å²) in [6, 6.07) is 47.5. The van der Waals surface area contributed by atoms with Gasteiger partial charge in [-0.05, 0) is 80.9 Å². The van der Waals surface area contributed by atoms with Gasteiger partial charge in [-0.3, -0.25) is 0 Å². The number of aromatic nitrogens is 1. The molecule has 10 rings (SSSR count). The van der Waals surface area contributed by atoms with E-state index in [0.29, 0.717) is 0 Å². The minimum atomic E-state index is 1.24. The fourth-order valence-electron chi connectivity index (χ4n) is 7.18. The Kier molecular flexibility index (Phi) is 3.87. The summed E-state index contributed by atoms with van der Waals surface area (Å²) in [6.07, 6.45) is 0. The van der Waals surface area contributed by atoms with Gasteiger partial charge in [-0.2, -0.15) is 0 Å². The van der Waals surface area contributed by atoms with Gasteiger partial charge < -0.3 is 4.57 Å². The summed E-state index contributed by atoms with van der Waals surface area (Å²) >= 11 is 1.89. The molecular weight excluding hydrogens is 502 g/mol. The van der Waals surface area contributed by atoms with Crippen LogP contribution in [0.3, 0.4) is 0 Å². The molecule has 1 nitrogen and oxygen atoms in total. The van der Waals surface area contributed by atoms with Crippen molar-refractivity contribution in [2.24, 2.45) is 0 Å². The fourth-order valence-corrected chi connectivity index (χ4v) is 8.32. The van der Waals surface area contributed by atoms with E-state index in [-0.39, 0.29) is 0 Å². The maximum Gasteiger partial charge on any atom is 0.0547 e. The van der Waals surface area contributed by atoms with E-state index in [4.69, 9.17) is 0 Å². The molecule has 0 bridgehead atoms. The first-order chi connectivity index (χ1) is 19.8. The first-order valence-corrected chi connectivity index (χ1v) is 14.6. The largest absolute Gasteiger partial charge is 0.309 e. The lowest BCUT2D eigenvalue weighted by atomic mass is 10.0. The van der Waals surface area contributed by atoms with Gasteiger partial charge in [0.15, 0.2) is 0 Å². The van der Waals surface area contributed by atoms with Gasteiger partial charge in [0, 0.05) is 36.3 Å². The Bertz CT molecular complexity index is 2510. The number of thiophene rings is 1. The molecular formula is C38H21NS. The van der Waals surface area contributed by atoms with E-state index in [1.165, 1.54) is 91.5 Å². The number of rotatable bonds is 1. The van der Waals surface area contributed by atoms with Crippen molar-refractivity contribution in [1.29, 1.82) is 0 Å². The van der Waals surface area contributed by atoms with Crippen molar-refractivity contribution in [2.45, 2.75) is 0 Å². The molecule has 0 aliphatic heterocycles. The Morgan fingerprint density at radius 1 is 0.400 bits per heavy atom. The second-order valence-corrected chi connectivity index (χ2v) is 12.0. The molecule has 7 aromatic carbocycles. The predicted molar refractivity (Wildman–Crippen MR) is 173 cm³/mol. The lowest BCUT2D eigenvalue weighted by Crippen LogP contribution is -1.95. The minimum absolute atomic E-state index is 1.24. The molecule has 1 aliphatic carbocycles. The summed E-state index contributed by atoms with van der Waals surface area (Å²) in [5.74, 6) is 0. The van der Waals surface area contributed by atoms with E-state index < -0.39 is 0 Å². The maximum absolute atomic E-state index is 2.49. The molecule has 2 heteroatoms. The molecule has 0 spiro atoms. The molecule has 0 radical (unpaired) electrons. The summed E-state index contributed by atoms with van der Waals surface area (Å²) < 4.78 is 5.19. The van der Waals surface area contributed by atoms with E-state index in [9.17, 15) is 0 Å². The second kappa shape index (κ2) is 7.38. The van der Waals surface area contributed by atoms with Crippen molar-refractivity contribution in [1.82, 2.24) is 4.57 Å².